The monoisotopic (exact) mass is 537 g/mol. The van der Waals surface area contributed by atoms with E-state index < -0.39 is 0 Å². The summed E-state index contributed by atoms with van der Waals surface area (Å²) in [6.45, 7) is 0. The van der Waals surface area contributed by atoms with Gasteiger partial charge in [-0.3, -0.25) is 0 Å². The molecule has 6 aromatic carbocycles. The molecule has 0 unspecified atom stereocenters. The summed E-state index contributed by atoms with van der Waals surface area (Å²) in [6, 6.07) is 48.2. The number of fused-ring (bicyclic) bond motifs is 8. The molecule has 0 N–H and O–H groups in total. The van der Waals surface area contributed by atoms with E-state index in [0.717, 1.165) is 77.2 Å². The second kappa shape index (κ2) is 8.88. The lowest BCUT2D eigenvalue weighted by atomic mass is 10.0. The van der Waals surface area contributed by atoms with Crippen molar-refractivity contribution < 1.29 is 4.42 Å². The van der Waals surface area contributed by atoms with Crippen LogP contribution >= 0.6 is 0 Å². The Morgan fingerprint density at radius 2 is 1.17 bits per heavy atom. The lowest BCUT2D eigenvalue weighted by molar-refractivity contribution is 0.673. The van der Waals surface area contributed by atoms with Crippen LogP contribution in [0.1, 0.15) is 0 Å². The molecule has 9 rings (SSSR count). The van der Waals surface area contributed by atoms with Crippen LogP contribution in [0.25, 0.3) is 83.0 Å². The minimum atomic E-state index is 0.653. The fourth-order valence-electron chi connectivity index (χ4n) is 6.35. The smallest absolute Gasteiger partial charge is 0.164 e. The molecule has 42 heavy (non-hydrogen) atoms. The molecule has 0 amide bonds. The maximum absolute atomic E-state index is 6.87. The number of furan rings is 1. The van der Waals surface area contributed by atoms with Gasteiger partial charge in [-0.1, -0.05) is 97.1 Å². The number of hydrogen-bond donors (Lipinski definition) is 0. The van der Waals surface area contributed by atoms with Gasteiger partial charge >= 0.3 is 0 Å². The molecule has 0 aliphatic carbocycles. The quantitative estimate of drug-likeness (QED) is 0.225. The molecule has 4 heteroatoms. The normalized spacial score (nSPS) is 11.8. The maximum Gasteiger partial charge on any atom is 0.164 e. The van der Waals surface area contributed by atoms with Crippen LogP contribution in [-0.2, 0) is 0 Å². The summed E-state index contributed by atoms with van der Waals surface area (Å²) in [5.74, 6) is 0.653. The van der Waals surface area contributed by atoms with Crippen LogP contribution in [0.4, 0.5) is 0 Å². The van der Waals surface area contributed by atoms with E-state index in [1.807, 2.05) is 36.4 Å². The van der Waals surface area contributed by atoms with E-state index in [9.17, 15) is 0 Å². The second-order valence-electron chi connectivity index (χ2n) is 10.6. The van der Waals surface area contributed by atoms with E-state index in [2.05, 4.69) is 108 Å². The molecule has 3 heterocycles. The van der Waals surface area contributed by atoms with Gasteiger partial charge < -0.3 is 8.98 Å². The molecule has 0 bridgehead atoms. The number of rotatable bonds is 3. The van der Waals surface area contributed by atoms with Crippen LogP contribution in [0.5, 0.6) is 0 Å². The Labute approximate surface area is 241 Å². The summed E-state index contributed by atoms with van der Waals surface area (Å²) in [6.07, 6.45) is 0. The highest BCUT2D eigenvalue weighted by Crippen LogP contribution is 2.42. The van der Waals surface area contributed by atoms with Gasteiger partial charge in [-0.15, -0.1) is 0 Å². The molecule has 196 valence electrons. The molecule has 0 fully saturated rings. The molecule has 3 aromatic heterocycles. The predicted molar refractivity (Wildman–Crippen MR) is 172 cm³/mol. The highest BCUT2D eigenvalue weighted by Gasteiger charge is 2.21. The van der Waals surface area contributed by atoms with Gasteiger partial charge in [0.2, 0.25) is 0 Å². The molecule has 0 aliphatic heterocycles. The van der Waals surface area contributed by atoms with Gasteiger partial charge in [0.1, 0.15) is 11.2 Å². The number of hydrogen-bond acceptors (Lipinski definition) is 3. The Hall–Kier alpha value is -5.74. The first-order valence-corrected chi connectivity index (χ1v) is 14.1. The zero-order chi connectivity index (χ0) is 27.6. The molecule has 0 atom stereocenters. The van der Waals surface area contributed by atoms with Crippen molar-refractivity contribution >= 4 is 54.6 Å². The molecule has 0 saturated heterocycles. The SMILES string of the molecule is c1ccc(-c2nc(-c3cccc4c3oc3c4ccc4c3c3ccccc3n4-c3ccccc3)nc3ccccc23)cc1. The van der Waals surface area contributed by atoms with E-state index >= 15 is 0 Å². The molecule has 0 saturated carbocycles. The highest BCUT2D eigenvalue weighted by molar-refractivity contribution is 6.24. The van der Waals surface area contributed by atoms with E-state index in [1.165, 1.54) is 0 Å². The van der Waals surface area contributed by atoms with Gasteiger partial charge in [0, 0.05) is 32.8 Å². The number of nitrogens with zero attached hydrogens (tertiary/aromatic N) is 3. The van der Waals surface area contributed by atoms with E-state index in [-0.39, 0.29) is 0 Å². The number of para-hydroxylation sites is 4. The summed E-state index contributed by atoms with van der Waals surface area (Å²) in [5.41, 5.74) is 8.83. The van der Waals surface area contributed by atoms with E-state index in [4.69, 9.17) is 14.4 Å². The van der Waals surface area contributed by atoms with E-state index in [1.54, 1.807) is 0 Å². The first-order valence-electron chi connectivity index (χ1n) is 14.1. The summed E-state index contributed by atoms with van der Waals surface area (Å²) in [5, 5.41) is 5.44. The molecule has 9 aromatic rings. The third-order valence-corrected chi connectivity index (χ3v) is 8.21. The average molecular weight is 538 g/mol. The average Bonchev–Trinajstić information content (AvgIpc) is 3.61. The molecule has 0 radical (unpaired) electrons. The van der Waals surface area contributed by atoms with Crippen molar-refractivity contribution in [2.24, 2.45) is 0 Å². The third-order valence-electron chi connectivity index (χ3n) is 8.21. The topological polar surface area (TPSA) is 43.9 Å². The highest BCUT2D eigenvalue weighted by atomic mass is 16.3. The zero-order valence-electron chi connectivity index (χ0n) is 22.5. The number of benzene rings is 6. The molecule has 0 spiro atoms. The third kappa shape index (κ3) is 3.29. The molecular weight excluding hydrogens is 514 g/mol. The van der Waals surface area contributed by atoms with Crippen molar-refractivity contribution in [2.45, 2.75) is 0 Å². The van der Waals surface area contributed by atoms with Crippen molar-refractivity contribution in [3.8, 4) is 28.3 Å². The van der Waals surface area contributed by atoms with Crippen LogP contribution in [0.3, 0.4) is 0 Å². The summed E-state index contributed by atoms with van der Waals surface area (Å²) < 4.78 is 9.19. The van der Waals surface area contributed by atoms with Gasteiger partial charge in [0.25, 0.3) is 0 Å². The zero-order valence-corrected chi connectivity index (χ0v) is 22.5. The Morgan fingerprint density at radius 3 is 2.02 bits per heavy atom. The van der Waals surface area contributed by atoms with Gasteiger partial charge in [-0.25, -0.2) is 9.97 Å². The van der Waals surface area contributed by atoms with Gasteiger partial charge in [-0.2, -0.15) is 0 Å². The van der Waals surface area contributed by atoms with Crippen LogP contribution in [-0.4, -0.2) is 14.5 Å². The first-order chi connectivity index (χ1) is 20.8. The molecule has 0 aliphatic rings. The van der Waals surface area contributed by atoms with Crippen molar-refractivity contribution in [1.82, 2.24) is 14.5 Å². The standard InChI is InChI=1S/C38H23N3O/c1-3-12-24(13-4-1)35-28-16-7-9-20-31(28)39-38(40-35)30-19-11-18-26-27-22-23-33-34(37(27)42-36(26)30)29-17-8-10-21-32(29)41(33)25-14-5-2-6-15-25/h1-23H. The minimum Gasteiger partial charge on any atom is -0.455 e. The molecular formula is C38H23N3O. The number of aromatic nitrogens is 3. The minimum absolute atomic E-state index is 0.653. The Kier molecular flexibility index (Phi) is 4.87. The summed E-state index contributed by atoms with van der Waals surface area (Å²) >= 11 is 0. The van der Waals surface area contributed by atoms with Crippen molar-refractivity contribution in [3.63, 3.8) is 0 Å². The largest absolute Gasteiger partial charge is 0.455 e. The van der Waals surface area contributed by atoms with E-state index in [0.29, 0.717) is 5.82 Å². The van der Waals surface area contributed by atoms with Crippen LogP contribution in [0, 0.1) is 0 Å². The van der Waals surface area contributed by atoms with Gasteiger partial charge in [0.05, 0.1) is 33.2 Å². The van der Waals surface area contributed by atoms with Crippen LogP contribution in [0.15, 0.2) is 144 Å². The van der Waals surface area contributed by atoms with Gasteiger partial charge in [-0.05, 0) is 42.5 Å². The first kappa shape index (κ1) is 23.0. The predicted octanol–water partition coefficient (Wildman–Crippen LogP) is 9.96. The maximum atomic E-state index is 6.87. The fraction of sp³-hybridized carbons (Fsp3) is 0. The van der Waals surface area contributed by atoms with Crippen molar-refractivity contribution in [3.05, 3.63) is 140 Å². The second-order valence-corrected chi connectivity index (χ2v) is 10.6. The van der Waals surface area contributed by atoms with Gasteiger partial charge in [0.15, 0.2) is 5.82 Å². The lowest BCUT2D eigenvalue weighted by Crippen LogP contribution is -1.95. The summed E-state index contributed by atoms with van der Waals surface area (Å²) in [7, 11) is 0. The fourth-order valence-corrected chi connectivity index (χ4v) is 6.35. The van der Waals surface area contributed by atoms with Crippen molar-refractivity contribution in [1.29, 1.82) is 0 Å². The Bertz CT molecular complexity index is 2460. The lowest BCUT2D eigenvalue weighted by Gasteiger charge is -2.09. The van der Waals surface area contributed by atoms with Crippen LogP contribution < -0.4 is 0 Å². The summed E-state index contributed by atoms with van der Waals surface area (Å²) in [4.78, 5) is 10.2. The van der Waals surface area contributed by atoms with Crippen molar-refractivity contribution in [2.75, 3.05) is 0 Å². The van der Waals surface area contributed by atoms with Crippen LogP contribution in [0.2, 0.25) is 0 Å². The Morgan fingerprint density at radius 1 is 0.476 bits per heavy atom. The molecule has 4 nitrogen and oxygen atoms in total. The Balaban J connectivity index is 1.36.